The zero-order valence-electron chi connectivity index (χ0n) is 9.75. The number of carboxylic acid groups (broad SMARTS) is 2. The molecule has 2 N–H and O–H groups in total. The van der Waals surface area contributed by atoms with Crippen LogP contribution in [0.5, 0.6) is 0 Å². The summed E-state index contributed by atoms with van der Waals surface area (Å²) >= 11 is 0. The first-order valence-corrected chi connectivity index (χ1v) is 5.43. The monoisotopic (exact) mass is 241 g/mol. The van der Waals surface area contributed by atoms with Gasteiger partial charge in [-0.3, -0.25) is 0 Å². The summed E-state index contributed by atoms with van der Waals surface area (Å²) in [7, 11) is 0. The van der Waals surface area contributed by atoms with Gasteiger partial charge >= 0.3 is 11.9 Å². The van der Waals surface area contributed by atoms with E-state index in [1.807, 2.05) is 6.92 Å². The second-order valence-corrected chi connectivity index (χ2v) is 3.65. The number of aliphatic carboxylic acids is 1. The topological polar surface area (TPSA) is 105 Å². The van der Waals surface area contributed by atoms with E-state index >= 15 is 0 Å². The molecule has 0 aromatic carbocycles. The molecular formula is C10H15N3O4. The van der Waals surface area contributed by atoms with Gasteiger partial charge in [-0.2, -0.15) is 0 Å². The Morgan fingerprint density at radius 1 is 1.35 bits per heavy atom. The number of nitrogens with zero attached hydrogens (tertiary/aromatic N) is 3. The van der Waals surface area contributed by atoms with Crippen LogP contribution in [0.1, 0.15) is 48.9 Å². The van der Waals surface area contributed by atoms with Crippen molar-refractivity contribution in [1.29, 1.82) is 0 Å². The highest BCUT2D eigenvalue weighted by Crippen LogP contribution is 2.17. The summed E-state index contributed by atoms with van der Waals surface area (Å²) in [5.74, 6) is -2.22. The van der Waals surface area contributed by atoms with Crippen molar-refractivity contribution >= 4 is 11.9 Å². The molecule has 1 aromatic rings. The number of hydrogen-bond acceptors (Lipinski definition) is 4. The van der Waals surface area contributed by atoms with Gasteiger partial charge in [-0.1, -0.05) is 25.5 Å². The van der Waals surface area contributed by atoms with E-state index in [1.165, 1.54) is 4.68 Å². The van der Waals surface area contributed by atoms with Crippen LogP contribution in [0.25, 0.3) is 0 Å². The number of carboxylic acids is 2. The van der Waals surface area contributed by atoms with Crippen LogP contribution in [-0.4, -0.2) is 37.1 Å². The molecule has 0 aliphatic carbocycles. The standard InChI is InChI=1S/C10H15N3O4/c1-3-5-7-8(10(16)17)11-12-13(7)6(4-2)9(14)15/h6H,3-5H2,1-2H3,(H,14,15)(H,16,17). The molecule has 1 rings (SSSR count). The van der Waals surface area contributed by atoms with Crippen molar-refractivity contribution in [3.63, 3.8) is 0 Å². The van der Waals surface area contributed by atoms with E-state index < -0.39 is 18.0 Å². The molecule has 17 heavy (non-hydrogen) atoms. The first-order valence-electron chi connectivity index (χ1n) is 5.43. The molecule has 0 saturated heterocycles. The van der Waals surface area contributed by atoms with Crippen LogP contribution < -0.4 is 0 Å². The number of rotatable bonds is 6. The van der Waals surface area contributed by atoms with E-state index in [4.69, 9.17) is 10.2 Å². The van der Waals surface area contributed by atoms with Crippen molar-refractivity contribution in [3.8, 4) is 0 Å². The smallest absolute Gasteiger partial charge is 0.358 e. The molecule has 1 unspecified atom stereocenters. The van der Waals surface area contributed by atoms with Gasteiger partial charge < -0.3 is 10.2 Å². The highest BCUT2D eigenvalue weighted by molar-refractivity contribution is 5.86. The van der Waals surface area contributed by atoms with Crippen molar-refractivity contribution in [3.05, 3.63) is 11.4 Å². The lowest BCUT2D eigenvalue weighted by Gasteiger charge is -2.12. The molecule has 0 spiro atoms. The van der Waals surface area contributed by atoms with E-state index in [0.717, 1.165) is 0 Å². The number of hydrogen-bond donors (Lipinski definition) is 2. The van der Waals surface area contributed by atoms with Gasteiger partial charge in [-0.15, -0.1) is 5.10 Å². The number of carbonyl (C=O) groups is 2. The Hall–Kier alpha value is -1.92. The highest BCUT2D eigenvalue weighted by atomic mass is 16.4. The van der Waals surface area contributed by atoms with E-state index in [2.05, 4.69) is 10.3 Å². The third-order valence-electron chi connectivity index (χ3n) is 2.45. The summed E-state index contributed by atoms with van der Waals surface area (Å²) in [6.07, 6.45) is 1.47. The van der Waals surface area contributed by atoms with Crippen molar-refractivity contribution in [2.75, 3.05) is 0 Å². The van der Waals surface area contributed by atoms with Gasteiger partial charge in [0.1, 0.15) is 0 Å². The van der Waals surface area contributed by atoms with Gasteiger partial charge in [0.15, 0.2) is 11.7 Å². The largest absolute Gasteiger partial charge is 0.480 e. The minimum atomic E-state index is -1.18. The first-order chi connectivity index (χ1) is 8.02. The van der Waals surface area contributed by atoms with Crippen LogP contribution >= 0.6 is 0 Å². The molecular weight excluding hydrogens is 226 g/mol. The average Bonchev–Trinajstić information content (AvgIpc) is 2.63. The maximum absolute atomic E-state index is 11.0. The Balaban J connectivity index is 3.23. The second-order valence-electron chi connectivity index (χ2n) is 3.65. The maximum atomic E-state index is 11.0. The first kappa shape index (κ1) is 13.1. The minimum absolute atomic E-state index is 0.161. The molecule has 0 aliphatic heterocycles. The fourth-order valence-corrected chi connectivity index (χ4v) is 1.65. The quantitative estimate of drug-likeness (QED) is 0.768. The van der Waals surface area contributed by atoms with E-state index in [9.17, 15) is 9.59 Å². The predicted molar refractivity (Wildman–Crippen MR) is 57.9 cm³/mol. The van der Waals surface area contributed by atoms with Gasteiger partial charge in [-0.05, 0) is 12.8 Å². The molecule has 0 amide bonds. The predicted octanol–water partition coefficient (Wildman–Crippen LogP) is 0.964. The summed E-state index contributed by atoms with van der Waals surface area (Å²) in [4.78, 5) is 22.0. The van der Waals surface area contributed by atoms with Gasteiger partial charge in [-0.25, -0.2) is 14.3 Å². The Labute approximate surface area is 98.1 Å². The molecule has 0 aliphatic rings. The van der Waals surface area contributed by atoms with Crippen LogP contribution in [-0.2, 0) is 11.2 Å². The van der Waals surface area contributed by atoms with Crippen LogP contribution in [0, 0.1) is 0 Å². The molecule has 1 atom stereocenters. The van der Waals surface area contributed by atoms with Crippen LogP contribution in [0.15, 0.2) is 0 Å². The SMILES string of the molecule is CCCc1c(C(=O)O)nnn1C(CC)C(=O)O. The van der Waals surface area contributed by atoms with Crippen LogP contribution in [0.4, 0.5) is 0 Å². The Kier molecular flexibility index (Phi) is 4.19. The number of aromatic nitrogens is 3. The lowest BCUT2D eigenvalue weighted by molar-refractivity contribution is -0.141. The van der Waals surface area contributed by atoms with E-state index in [0.29, 0.717) is 25.0 Å². The lowest BCUT2D eigenvalue weighted by atomic mass is 10.1. The van der Waals surface area contributed by atoms with Crippen molar-refractivity contribution in [2.45, 2.75) is 39.2 Å². The Morgan fingerprint density at radius 2 is 2.00 bits per heavy atom. The van der Waals surface area contributed by atoms with E-state index in [1.54, 1.807) is 6.92 Å². The molecule has 0 bridgehead atoms. The third-order valence-corrected chi connectivity index (χ3v) is 2.45. The lowest BCUT2D eigenvalue weighted by Crippen LogP contribution is -2.22. The Bertz CT molecular complexity index is 427. The summed E-state index contributed by atoms with van der Waals surface area (Å²) in [6.45, 7) is 3.58. The van der Waals surface area contributed by atoms with Gasteiger partial charge in [0.05, 0.1) is 5.69 Å². The van der Waals surface area contributed by atoms with Gasteiger partial charge in [0, 0.05) is 0 Å². The van der Waals surface area contributed by atoms with Gasteiger partial charge in [0.2, 0.25) is 0 Å². The molecule has 7 nitrogen and oxygen atoms in total. The second kappa shape index (κ2) is 5.42. The summed E-state index contributed by atoms with van der Waals surface area (Å²) in [5, 5.41) is 25.2. The maximum Gasteiger partial charge on any atom is 0.358 e. The zero-order valence-corrected chi connectivity index (χ0v) is 9.75. The van der Waals surface area contributed by atoms with Crippen LogP contribution in [0.3, 0.4) is 0 Å². The van der Waals surface area contributed by atoms with E-state index in [-0.39, 0.29) is 5.69 Å². The normalized spacial score (nSPS) is 12.4. The highest BCUT2D eigenvalue weighted by Gasteiger charge is 2.26. The minimum Gasteiger partial charge on any atom is -0.480 e. The van der Waals surface area contributed by atoms with Crippen molar-refractivity contribution < 1.29 is 19.8 Å². The molecule has 0 radical (unpaired) electrons. The summed E-state index contributed by atoms with van der Waals surface area (Å²) < 4.78 is 1.20. The molecule has 1 heterocycles. The summed E-state index contributed by atoms with van der Waals surface area (Å²) in [5.41, 5.74) is 0.209. The molecule has 0 saturated carbocycles. The fraction of sp³-hybridized carbons (Fsp3) is 0.600. The molecule has 1 aromatic heterocycles. The molecule has 94 valence electrons. The molecule has 0 fully saturated rings. The van der Waals surface area contributed by atoms with Crippen molar-refractivity contribution in [1.82, 2.24) is 15.0 Å². The third kappa shape index (κ3) is 2.61. The van der Waals surface area contributed by atoms with Gasteiger partial charge in [0.25, 0.3) is 0 Å². The van der Waals surface area contributed by atoms with Crippen LogP contribution in [0.2, 0.25) is 0 Å². The Morgan fingerprint density at radius 3 is 2.41 bits per heavy atom. The fourth-order valence-electron chi connectivity index (χ4n) is 1.65. The zero-order chi connectivity index (χ0) is 13.0. The summed E-state index contributed by atoms with van der Waals surface area (Å²) in [6, 6.07) is -0.864. The molecule has 7 heteroatoms. The average molecular weight is 241 g/mol. The number of aromatic carboxylic acids is 1. The van der Waals surface area contributed by atoms with Crippen molar-refractivity contribution in [2.24, 2.45) is 0 Å².